The standard InChI is InChI=1S/C11H9Cl6NO3S/c1-6-2-4-7(5-3-6)22(20,21)9(11(15,16)17)18-8(19)10(12,13)14/h2-5,9H,1H3,(H,18,19). The highest BCUT2D eigenvalue weighted by Gasteiger charge is 2.47. The Morgan fingerprint density at radius 1 is 1.05 bits per heavy atom. The SMILES string of the molecule is Cc1ccc(S(=O)(=O)C(NC(=O)C(Cl)(Cl)Cl)C(Cl)(Cl)Cl)cc1. The van der Waals surface area contributed by atoms with E-state index in [0.29, 0.717) is 0 Å². The molecule has 1 N–H and O–H groups in total. The van der Waals surface area contributed by atoms with Crippen LogP contribution in [-0.4, -0.2) is 27.3 Å². The summed E-state index contributed by atoms with van der Waals surface area (Å²) in [4.78, 5) is 11.6. The third kappa shape index (κ3) is 5.20. The van der Waals surface area contributed by atoms with E-state index in [-0.39, 0.29) is 4.90 Å². The lowest BCUT2D eigenvalue weighted by Gasteiger charge is -2.26. The van der Waals surface area contributed by atoms with E-state index < -0.39 is 28.7 Å². The molecule has 0 saturated heterocycles. The van der Waals surface area contributed by atoms with E-state index >= 15 is 0 Å². The summed E-state index contributed by atoms with van der Waals surface area (Å²) in [5.74, 6) is -1.23. The van der Waals surface area contributed by atoms with Crippen LogP contribution in [0.3, 0.4) is 0 Å². The first-order valence-electron chi connectivity index (χ1n) is 5.51. The van der Waals surface area contributed by atoms with E-state index in [2.05, 4.69) is 0 Å². The number of nitrogens with one attached hydrogen (secondary N) is 1. The van der Waals surface area contributed by atoms with Crippen molar-refractivity contribution < 1.29 is 13.2 Å². The van der Waals surface area contributed by atoms with Gasteiger partial charge in [-0.15, -0.1) is 0 Å². The first-order chi connectivity index (χ1) is 9.76. The van der Waals surface area contributed by atoms with Crippen molar-refractivity contribution in [1.82, 2.24) is 5.32 Å². The molecule has 0 fully saturated rings. The lowest BCUT2D eigenvalue weighted by molar-refractivity contribution is -0.120. The molecule has 0 aromatic heterocycles. The van der Waals surface area contributed by atoms with Crippen LogP contribution in [0.5, 0.6) is 0 Å². The van der Waals surface area contributed by atoms with Crippen LogP contribution in [0.4, 0.5) is 0 Å². The summed E-state index contributed by atoms with van der Waals surface area (Å²) in [6, 6.07) is 5.74. The van der Waals surface area contributed by atoms with Crippen molar-refractivity contribution in [2.75, 3.05) is 0 Å². The smallest absolute Gasteiger partial charge is 0.273 e. The molecule has 22 heavy (non-hydrogen) atoms. The van der Waals surface area contributed by atoms with Gasteiger partial charge in [0, 0.05) is 0 Å². The molecule has 0 aliphatic heterocycles. The molecular weight excluding hydrogens is 439 g/mol. The molecule has 4 nitrogen and oxygen atoms in total. The number of alkyl halides is 6. The topological polar surface area (TPSA) is 63.2 Å². The molecule has 1 aromatic carbocycles. The van der Waals surface area contributed by atoms with Crippen LogP contribution in [0.1, 0.15) is 5.56 Å². The van der Waals surface area contributed by atoms with Crippen LogP contribution in [-0.2, 0) is 14.6 Å². The van der Waals surface area contributed by atoms with Gasteiger partial charge < -0.3 is 5.32 Å². The third-order valence-electron chi connectivity index (χ3n) is 2.48. The quantitative estimate of drug-likeness (QED) is 0.713. The first-order valence-corrected chi connectivity index (χ1v) is 9.32. The fraction of sp³-hybridized carbons (Fsp3) is 0.364. The van der Waals surface area contributed by atoms with Crippen LogP contribution in [0.15, 0.2) is 29.2 Å². The van der Waals surface area contributed by atoms with Crippen LogP contribution >= 0.6 is 69.6 Å². The highest BCUT2D eigenvalue weighted by Crippen LogP contribution is 2.37. The maximum atomic E-state index is 12.6. The summed E-state index contributed by atoms with van der Waals surface area (Å²) in [7, 11) is -4.23. The number of rotatable bonds is 3. The van der Waals surface area contributed by atoms with E-state index in [1.165, 1.54) is 12.1 Å². The number of aryl methyl sites for hydroxylation is 1. The fourth-order valence-electron chi connectivity index (χ4n) is 1.40. The van der Waals surface area contributed by atoms with Crippen LogP contribution < -0.4 is 5.32 Å². The first kappa shape index (κ1) is 20.4. The van der Waals surface area contributed by atoms with E-state index in [4.69, 9.17) is 69.6 Å². The number of amides is 1. The highest BCUT2D eigenvalue weighted by molar-refractivity contribution is 7.92. The molecule has 0 aliphatic carbocycles. The summed E-state index contributed by atoms with van der Waals surface area (Å²) in [5.41, 5.74) is 0.828. The Balaban J connectivity index is 3.28. The number of hydrogen-bond donors (Lipinski definition) is 1. The predicted molar refractivity (Wildman–Crippen MR) is 90.9 cm³/mol. The largest absolute Gasteiger partial charge is 0.332 e. The minimum Gasteiger partial charge on any atom is -0.332 e. The Labute approximate surface area is 157 Å². The van der Waals surface area contributed by atoms with Crippen LogP contribution in [0, 0.1) is 6.92 Å². The second-order valence-electron chi connectivity index (χ2n) is 4.25. The average molecular weight is 448 g/mol. The number of sulfone groups is 1. The molecule has 0 heterocycles. The van der Waals surface area contributed by atoms with Gasteiger partial charge in [-0.05, 0) is 19.1 Å². The second-order valence-corrected chi connectivity index (χ2v) is 10.9. The third-order valence-corrected chi connectivity index (χ3v) is 6.06. The van der Waals surface area contributed by atoms with Crippen molar-refractivity contribution in [1.29, 1.82) is 0 Å². The molecule has 1 amide bonds. The van der Waals surface area contributed by atoms with Gasteiger partial charge in [-0.2, -0.15) is 0 Å². The summed E-state index contributed by atoms with van der Waals surface area (Å²) in [6.07, 6.45) is 0. The molecule has 0 bridgehead atoms. The van der Waals surface area contributed by atoms with Gasteiger partial charge >= 0.3 is 0 Å². The zero-order chi connectivity index (χ0) is 17.3. The van der Waals surface area contributed by atoms with Gasteiger partial charge in [-0.25, -0.2) is 8.42 Å². The van der Waals surface area contributed by atoms with Crippen molar-refractivity contribution >= 4 is 85.4 Å². The Hall–Kier alpha value is 0.380. The number of halogens is 6. The van der Waals surface area contributed by atoms with Crippen molar-refractivity contribution in [3.05, 3.63) is 29.8 Å². The molecular formula is C11H9Cl6NO3S. The van der Waals surface area contributed by atoms with E-state index in [1.54, 1.807) is 19.1 Å². The lowest BCUT2D eigenvalue weighted by atomic mass is 10.2. The van der Waals surface area contributed by atoms with Gasteiger partial charge in [-0.1, -0.05) is 87.3 Å². The monoisotopic (exact) mass is 445 g/mol. The predicted octanol–water partition coefficient (Wildman–Crippen LogP) is 3.95. The van der Waals surface area contributed by atoms with Gasteiger partial charge in [-0.3, -0.25) is 4.79 Å². The van der Waals surface area contributed by atoms with E-state index in [1.807, 2.05) is 5.32 Å². The molecule has 0 aliphatic rings. The minimum absolute atomic E-state index is 0.154. The molecule has 1 unspecified atom stereocenters. The zero-order valence-electron chi connectivity index (χ0n) is 10.8. The Morgan fingerprint density at radius 2 is 1.50 bits per heavy atom. The lowest BCUT2D eigenvalue weighted by Crippen LogP contribution is -2.52. The summed E-state index contributed by atoms with van der Waals surface area (Å²) >= 11 is 33.2. The molecule has 11 heteroatoms. The van der Waals surface area contributed by atoms with Gasteiger partial charge in [0.2, 0.25) is 13.6 Å². The maximum Gasteiger partial charge on any atom is 0.273 e. The molecule has 1 aromatic rings. The van der Waals surface area contributed by atoms with Crippen LogP contribution in [0.25, 0.3) is 0 Å². The average Bonchev–Trinajstić information content (AvgIpc) is 2.33. The Morgan fingerprint density at radius 3 is 1.86 bits per heavy atom. The van der Waals surface area contributed by atoms with E-state index in [0.717, 1.165) is 5.56 Å². The number of hydrogen-bond acceptors (Lipinski definition) is 3. The van der Waals surface area contributed by atoms with Crippen molar-refractivity contribution in [3.63, 3.8) is 0 Å². The van der Waals surface area contributed by atoms with Gasteiger partial charge in [0.1, 0.15) is 0 Å². The maximum absolute atomic E-state index is 12.6. The van der Waals surface area contributed by atoms with Gasteiger partial charge in [0.25, 0.3) is 9.70 Å². The van der Waals surface area contributed by atoms with Gasteiger partial charge in [0.15, 0.2) is 5.37 Å². The van der Waals surface area contributed by atoms with Crippen molar-refractivity contribution in [3.8, 4) is 0 Å². The fourth-order valence-corrected chi connectivity index (χ4v) is 4.18. The molecule has 0 spiro atoms. The normalized spacial score (nSPS) is 14.5. The van der Waals surface area contributed by atoms with Gasteiger partial charge in [0.05, 0.1) is 4.90 Å². The number of carbonyl (C=O) groups is 1. The second kappa shape index (κ2) is 7.09. The van der Waals surface area contributed by atoms with Crippen molar-refractivity contribution in [2.45, 2.75) is 24.8 Å². The van der Waals surface area contributed by atoms with Crippen LogP contribution in [0.2, 0.25) is 0 Å². The molecule has 1 rings (SSSR count). The minimum atomic E-state index is -4.23. The van der Waals surface area contributed by atoms with Crippen molar-refractivity contribution in [2.24, 2.45) is 0 Å². The summed E-state index contributed by atoms with van der Waals surface area (Å²) in [6.45, 7) is 1.77. The molecule has 1 atom stereocenters. The molecule has 0 radical (unpaired) electrons. The molecule has 124 valence electrons. The Bertz CT molecular complexity index is 648. The summed E-state index contributed by atoms with van der Waals surface area (Å²) < 4.78 is 20.3. The summed E-state index contributed by atoms with van der Waals surface area (Å²) in [5, 5.41) is -0.00270. The number of benzene rings is 1. The Kier molecular flexibility index (Phi) is 6.59. The van der Waals surface area contributed by atoms with E-state index in [9.17, 15) is 13.2 Å². The molecule has 0 saturated carbocycles. The number of carbonyl (C=O) groups excluding carboxylic acids is 1. The highest BCUT2D eigenvalue weighted by atomic mass is 35.6. The zero-order valence-corrected chi connectivity index (χ0v) is 16.1.